The quantitative estimate of drug-likeness (QED) is 0.239. The van der Waals surface area contributed by atoms with Crippen LogP contribution in [0.15, 0.2) is 0 Å². The average Bonchev–Trinajstić information content (AvgIpc) is 1.41. The molecule has 0 fully saturated rings. The van der Waals surface area contributed by atoms with Gasteiger partial charge in [0.05, 0.1) is 0 Å². The SMILES string of the molecule is CO.O=S(O)O.[H-].[Na+]. The summed E-state index contributed by atoms with van der Waals surface area (Å²) in [6.07, 6.45) is 0. The van der Waals surface area contributed by atoms with Crippen molar-refractivity contribution in [2.45, 2.75) is 0 Å². The van der Waals surface area contributed by atoms with Crippen molar-refractivity contribution in [3.63, 3.8) is 0 Å². The normalized spacial score (nSPS) is 5.86. The molecule has 42 valence electrons. The molecule has 0 unspecified atom stereocenters. The van der Waals surface area contributed by atoms with E-state index in [-0.39, 0.29) is 31.0 Å². The minimum atomic E-state index is -2.61. The molecule has 0 aliphatic rings. The smallest absolute Gasteiger partial charge is 1.00 e. The minimum absolute atomic E-state index is 0. The van der Waals surface area contributed by atoms with Crippen LogP contribution in [0.3, 0.4) is 0 Å². The van der Waals surface area contributed by atoms with Crippen molar-refractivity contribution in [1.29, 1.82) is 0 Å². The summed E-state index contributed by atoms with van der Waals surface area (Å²) in [7, 11) is 1.00. The van der Waals surface area contributed by atoms with E-state index in [1.54, 1.807) is 0 Å². The maximum Gasteiger partial charge on any atom is 1.00 e. The molecule has 0 aliphatic heterocycles. The Hall–Kier alpha value is 1.03. The molecule has 0 aromatic rings. The molecule has 3 N–H and O–H groups in total. The second-order valence-corrected chi connectivity index (χ2v) is 0.692. The first-order chi connectivity index (χ1) is 2.73. The molecule has 4 nitrogen and oxygen atoms in total. The minimum Gasteiger partial charge on any atom is -1.00 e. The zero-order chi connectivity index (χ0) is 5.58. The molecular formula is CH7NaO4S. The number of rotatable bonds is 0. The van der Waals surface area contributed by atoms with Crippen LogP contribution in [0.25, 0.3) is 0 Å². The van der Waals surface area contributed by atoms with E-state index in [4.69, 9.17) is 18.4 Å². The van der Waals surface area contributed by atoms with Crippen LogP contribution < -0.4 is 29.6 Å². The predicted octanol–water partition coefficient (Wildman–Crippen LogP) is -3.59. The maximum absolute atomic E-state index is 8.67. The third kappa shape index (κ3) is 168. The number of hydrogen-bond acceptors (Lipinski definition) is 2. The van der Waals surface area contributed by atoms with E-state index in [1.165, 1.54) is 0 Å². The fourth-order valence-electron chi connectivity index (χ4n) is 0. The second kappa shape index (κ2) is 15.7. The van der Waals surface area contributed by atoms with Crippen molar-refractivity contribution in [3.8, 4) is 0 Å². The van der Waals surface area contributed by atoms with Crippen LogP contribution in [-0.4, -0.2) is 25.5 Å². The molecule has 0 rings (SSSR count). The molecule has 0 saturated carbocycles. The monoisotopic (exact) mass is 138 g/mol. The summed E-state index contributed by atoms with van der Waals surface area (Å²) in [6.45, 7) is 0. The van der Waals surface area contributed by atoms with Gasteiger partial charge in [0.2, 0.25) is 0 Å². The van der Waals surface area contributed by atoms with Crippen LogP contribution in [-0.2, 0) is 11.4 Å². The van der Waals surface area contributed by atoms with Gasteiger partial charge in [0.15, 0.2) is 0 Å². The van der Waals surface area contributed by atoms with Crippen LogP contribution in [0.5, 0.6) is 0 Å². The molecule has 0 bridgehead atoms. The molecule has 0 spiro atoms. The van der Waals surface area contributed by atoms with Crippen molar-refractivity contribution >= 4 is 11.4 Å². The van der Waals surface area contributed by atoms with Gasteiger partial charge in [0.25, 0.3) is 11.4 Å². The van der Waals surface area contributed by atoms with E-state index >= 15 is 0 Å². The third-order valence-corrected chi connectivity index (χ3v) is 0. The molecular weight excluding hydrogens is 131 g/mol. The summed E-state index contributed by atoms with van der Waals surface area (Å²) in [5.74, 6) is 0. The van der Waals surface area contributed by atoms with Crippen LogP contribution in [0.1, 0.15) is 1.43 Å². The van der Waals surface area contributed by atoms with E-state index in [2.05, 4.69) is 0 Å². The van der Waals surface area contributed by atoms with Gasteiger partial charge in [-0.15, -0.1) is 0 Å². The van der Waals surface area contributed by atoms with Gasteiger partial charge < -0.3 is 6.53 Å². The molecule has 0 amide bonds. The summed E-state index contributed by atoms with van der Waals surface area (Å²) in [5, 5.41) is 7.00. The predicted molar refractivity (Wildman–Crippen MR) is 22.7 cm³/mol. The molecule has 0 aromatic carbocycles. The van der Waals surface area contributed by atoms with Gasteiger partial charge in [-0.1, -0.05) is 0 Å². The fraction of sp³-hybridized carbons (Fsp3) is 1.00. The summed E-state index contributed by atoms with van der Waals surface area (Å²) in [4.78, 5) is 0. The molecule has 6 heteroatoms. The topological polar surface area (TPSA) is 77.8 Å². The Balaban J connectivity index is -0.0000000183. The summed E-state index contributed by atoms with van der Waals surface area (Å²) < 4.78 is 22.8. The Morgan fingerprint density at radius 3 is 1.43 bits per heavy atom. The van der Waals surface area contributed by atoms with Gasteiger partial charge in [-0.25, -0.2) is 0 Å². The van der Waals surface area contributed by atoms with E-state index in [1.807, 2.05) is 0 Å². The van der Waals surface area contributed by atoms with E-state index in [0.717, 1.165) is 7.11 Å². The van der Waals surface area contributed by atoms with Gasteiger partial charge in [0.1, 0.15) is 0 Å². The first-order valence-electron chi connectivity index (χ1n) is 0.979. The van der Waals surface area contributed by atoms with Crippen molar-refractivity contribution in [2.24, 2.45) is 0 Å². The van der Waals surface area contributed by atoms with Crippen LogP contribution in [0.4, 0.5) is 0 Å². The van der Waals surface area contributed by atoms with Gasteiger partial charge >= 0.3 is 29.6 Å². The van der Waals surface area contributed by atoms with Crippen molar-refractivity contribution in [1.82, 2.24) is 0 Å². The standard InChI is InChI=1S/CH4O.Na.H2O3S.H/c1-2;;1-4(2)3;/h2H,1H3;;(H2,1,2,3);/q;+1;;-1. The molecule has 0 saturated heterocycles. The van der Waals surface area contributed by atoms with Crippen molar-refractivity contribution in [3.05, 3.63) is 0 Å². The molecule has 0 radical (unpaired) electrons. The summed E-state index contributed by atoms with van der Waals surface area (Å²) in [6, 6.07) is 0. The molecule has 0 aliphatic carbocycles. The largest absolute Gasteiger partial charge is 1.00 e. The van der Waals surface area contributed by atoms with Gasteiger partial charge in [-0.05, 0) is 0 Å². The van der Waals surface area contributed by atoms with Crippen LogP contribution in [0.2, 0.25) is 0 Å². The van der Waals surface area contributed by atoms with Crippen molar-refractivity contribution in [2.75, 3.05) is 7.11 Å². The van der Waals surface area contributed by atoms with E-state index < -0.39 is 11.4 Å². The average molecular weight is 138 g/mol. The van der Waals surface area contributed by atoms with Crippen LogP contribution in [0, 0.1) is 0 Å². The Morgan fingerprint density at radius 1 is 1.43 bits per heavy atom. The van der Waals surface area contributed by atoms with Gasteiger partial charge in [0, 0.05) is 7.11 Å². The first kappa shape index (κ1) is 15.7. The molecule has 0 heterocycles. The molecule has 0 atom stereocenters. The number of hydrogen-bond donors (Lipinski definition) is 3. The summed E-state index contributed by atoms with van der Waals surface area (Å²) in [5.41, 5.74) is 0. The number of aliphatic hydroxyl groups is 1. The number of aliphatic hydroxyl groups excluding tert-OH is 1. The van der Waals surface area contributed by atoms with Gasteiger partial charge in [-0.2, -0.15) is 4.21 Å². The van der Waals surface area contributed by atoms with E-state index in [9.17, 15) is 0 Å². The third-order valence-electron chi connectivity index (χ3n) is 0. The van der Waals surface area contributed by atoms with Crippen LogP contribution >= 0.6 is 0 Å². The Bertz CT molecular complexity index is 39.0. The zero-order valence-corrected chi connectivity index (χ0v) is 6.97. The van der Waals surface area contributed by atoms with Gasteiger partial charge in [-0.3, -0.25) is 9.11 Å². The molecule has 0 aromatic heterocycles. The van der Waals surface area contributed by atoms with Crippen molar-refractivity contribution < 1.29 is 49.4 Å². The Morgan fingerprint density at radius 2 is 1.43 bits per heavy atom. The fourth-order valence-corrected chi connectivity index (χ4v) is 0. The van der Waals surface area contributed by atoms with E-state index in [0.29, 0.717) is 0 Å². The first-order valence-corrected chi connectivity index (χ1v) is 2.04. The maximum atomic E-state index is 8.67. The Kier molecular flexibility index (Phi) is 35.3. The molecule has 7 heavy (non-hydrogen) atoms. The second-order valence-electron chi connectivity index (χ2n) is 0.231. The Labute approximate surface area is 67.8 Å². The zero-order valence-electron chi connectivity index (χ0n) is 5.16. The summed E-state index contributed by atoms with van der Waals surface area (Å²) >= 11 is -2.61.